The Bertz CT molecular complexity index is 716. The average Bonchev–Trinajstić information content (AvgIpc) is 2.79. The Morgan fingerprint density at radius 2 is 1.60 bits per heavy atom. The quantitative estimate of drug-likeness (QED) is 0.715. The summed E-state index contributed by atoms with van der Waals surface area (Å²) in [6.45, 7) is 6.37. The normalized spacial score (nSPS) is 25.6. The van der Waals surface area contributed by atoms with Crippen molar-refractivity contribution in [2.45, 2.75) is 51.1 Å². The number of amides is 1. The zero-order valence-electron chi connectivity index (χ0n) is 18.6. The van der Waals surface area contributed by atoms with Crippen LogP contribution in [0.25, 0.3) is 0 Å². The van der Waals surface area contributed by atoms with Crippen LogP contribution in [-0.2, 0) is 11.3 Å². The van der Waals surface area contributed by atoms with Gasteiger partial charge in [0.1, 0.15) is 0 Å². The van der Waals surface area contributed by atoms with Crippen molar-refractivity contribution < 1.29 is 14.3 Å². The number of rotatable bonds is 6. The molecule has 1 amide bonds. The molecule has 2 atom stereocenters. The van der Waals surface area contributed by atoms with Crippen molar-refractivity contribution in [3.8, 4) is 11.5 Å². The van der Waals surface area contributed by atoms with Crippen LogP contribution >= 0.6 is 0 Å². The van der Waals surface area contributed by atoms with Gasteiger partial charge in [0.15, 0.2) is 11.5 Å². The molecular weight excluding hydrogens is 378 g/mol. The van der Waals surface area contributed by atoms with E-state index in [0.717, 1.165) is 56.7 Å². The van der Waals surface area contributed by atoms with Crippen LogP contribution in [-0.4, -0.2) is 80.1 Å². The summed E-state index contributed by atoms with van der Waals surface area (Å²) < 4.78 is 10.8. The van der Waals surface area contributed by atoms with Crippen molar-refractivity contribution in [2.75, 3.05) is 53.5 Å². The lowest BCUT2D eigenvalue weighted by Crippen LogP contribution is -2.54. The number of likely N-dealkylation sites (tertiary alicyclic amines) is 1. The fraction of sp³-hybridized carbons (Fsp3) is 0.708. The molecule has 2 aliphatic heterocycles. The van der Waals surface area contributed by atoms with E-state index < -0.39 is 0 Å². The molecule has 0 aromatic heterocycles. The molecule has 2 saturated heterocycles. The molecule has 2 heterocycles. The molecule has 30 heavy (non-hydrogen) atoms. The minimum Gasteiger partial charge on any atom is -0.493 e. The molecule has 0 radical (unpaired) electrons. The topological polar surface area (TPSA) is 45.2 Å². The minimum atomic E-state index is 0.361. The van der Waals surface area contributed by atoms with Gasteiger partial charge >= 0.3 is 0 Å². The number of carbonyl (C=O) groups excluding carboxylic acids is 1. The monoisotopic (exact) mass is 415 g/mol. The highest BCUT2D eigenvalue weighted by Crippen LogP contribution is 2.35. The number of fused-ring (bicyclic) bond motifs is 1. The summed E-state index contributed by atoms with van der Waals surface area (Å²) in [6.07, 6.45) is 7.69. The Labute approximate surface area is 181 Å². The molecule has 0 spiro atoms. The van der Waals surface area contributed by atoms with E-state index in [0.29, 0.717) is 18.5 Å². The predicted molar refractivity (Wildman–Crippen MR) is 118 cm³/mol. The standard InChI is InChI=1S/C24H37N3O3/c1-29-22-10-9-19(16-23(22)30-2)17-25-12-14-26(15-13-25)18-24(28)27-11-5-7-20-6-3-4-8-21(20)27/h9-10,16,20-21H,3-8,11-15,17-18H2,1-2H3/t20-,21+/m0/s1. The molecule has 6 nitrogen and oxygen atoms in total. The summed E-state index contributed by atoms with van der Waals surface area (Å²) >= 11 is 0. The van der Waals surface area contributed by atoms with Crippen LogP contribution < -0.4 is 9.47 Å². The van der Waals surface area contributed by atoms with Crippen LogP contribution in [0.3, 0.4) is 0 Å². The van der Waals surface area contributed by atoms with Crippen molar-refractivity contribution in [3.63, 3.8) is 0 Å². The van der Waals surface area contributed by atoms with Crippen LogP contribution in [0, 0.1) is 5.92 Å². The minimum absolute atomic E-state index is 0.361. The number of methoxy groups -OCH3 is 2. The maximum atomic E-state index is 13.1. The first-order valence-electron chi connectivity index (χ1n) is 11.6. The van der Waals surface area contributed by atoms with Gasteiger partial charge in [-0.1, -0.05) is 18.9 Å². The molecule has 0 bridgehead atoms. The van der Waals surface area contributed by atoms with Gasteiger partial charge in [-0.2, -0.15) is 0 Å². The van der Waals surface area contributed by atoms with Crippen molar-refractivity contribution >= 4 is 5.91 Å². The summed E-state index contributed by atoms with van der Waals surface area (Å²) in [7, 11) is 3.34. The van der Waals surface area contributed by atoms with E-state index in [4.69, 9.17) is 9.47 Å². The molecule has 166 valence electrons. The number of piperazine rings is 1. The van der Waals surface area contributed by atoms with E-state index in [9.17, 15) is 4.79 Å². The van der Waals surface area contributed by atoms with E-state index in [1.54, 1.807) is 14.2 Å². The van der Waals surface area contributed by atoms with Gasteiger partial charge in [-0.25, -0.2) is 0 Å². The number of hydrogen-bond donors (Lipinski definition) is 0. The second kappa shape index (κ2) is 10.0. The van der Waals surface area contributed by atoms with Crippen LogP contribution in [0.4, 0.5) is 0 Å². The Hall–Kier alpha value is -1.79. The van der Waals surface area contributed by atoms with Crippen LogP contribution in [0.5, 0.6) is 11.5 Å². The molecule has 1 aromatic carbocycles. The Balaban J connectivity index is 1.26. The summed E-state index contributed by atoms with van der Waals surface area (Å²) in [5.74, 6) is 2.67. The molecule has 1 aromatic rings. The third-order valence-electron chi connectivity index (χ3n) is 7.24. The second-order valence-corrected chi connectivity index (χ2v) is 9.08. The SMILES string of the molecule is COc1ccc(CN2CCN(CC(=O)N3CCC[C@@H]4CCCC[C@H]43)CC2)cc1OC. The van der Waals surface area contributed by atoms with Crippen molar-refractivity contribution in [3.05, 3.63) is 23.8 Å². The largest absolute Gasteiger partial charge is 0.493 e. The van der Waals surface area contributed by atoms with Crippen molar-refractivity contribution in [1.82, 2.24) is 14.7 Å². The van der Waals surface area contributed by atoms with E-state index in [2.05, 4.69) is 26.8 Å². The summed E-state index contributed by atoms with van der Waals surface area (Å²) in [6, 6.07) is 6.66. The molecule has 1 aliphatic carbocycles. The molecule has 6 heteroatoms. The molecule has 3 fully saturated rings. The molecule has 0 unspecified atom stereocenters. The second-order valence-electron chi connectivity index (χ2n) is 9.08. The van der Waals surface area contributed by atoms with Gasteiger partial charge in [0.2, 0.25) is 5.91 Å². The molecule has 4 rings (SSSR count). The summed E-state index contributed by atoms with van der Waals surface area (Å²) in [4.78, 5) is 20.1. The maximum absolute atomic E-state index is 13.1. The number of carbonyl (C=O) groups is 1. The van der Waals surface area contributed by atoms with Gasteiger partial charge < -0.3 is 14.4 Å². The third kappa shape index (κ3) is 4.92. The average molecular weight is 416 g/mol. The van der Waals surface area contributed by atoms with E-state index in [1.165, 1.54) is 44.1 Å². The van der Waals surface area contributed by atoms with Crippen LogP contribution in [0.1, 0.15) is 44.1 Å². The van der Waals surface area contributed by atoms with Crippen molar-refractivity contribution in [2.24, 2.45) is 5.92 Å². The lowest BCUT2D eigenvalue weighted by molar-refractivity contribution is -0.139. The zero-order valence-corrected chi connectivity index (χ0v) is 18.6. The Morgan fingerprint density at radius 3 is 2.37 bits per heavy atom. The molecule has 0 N–H and O–H groups in total. The zero-order chi connectivity index (χ0) is 20.9. The Morgan fingerprint density at radius 1 is 0.900 bits per heavy atom. The highest BCUT2D eigenvalue weighted by molar-refractivity contribution is 5.78. The van der Waals surface area contributed by atoms with Crippen LogP contribution in [0.15, 0.2) is 18.2 Å². The van der Waals surface area contributed by atoms with Gasteiger partial charge in [-0.3, -0.25) is 14.6 Å². The number of hydrogen-bond acceptors (Lipinski definition) is 5. The van der Waals surface area contributed by atoms with Gasteiger partial charge in [0.25, 0.3) is 0 Å². The summed E-state index contributed by atoms with van der Waals surface area (Å²) in [5.41, 5.74) is 1.23. The fourth-order valence-electron chi connectivity index (χ4n) is 5.56. The first kappa shape index (κ1) is 21.4. The van der Waals surface area contributed by atoms with Gasteiger partial charge in [-0.15, -0.1) is 0 Å². The maximum Gasteiger partial charge on any atom is 0.237 e. The predicted octanol–water partition coefficient (Wildman–Crippen LogP) is 3.00. The lowest BCUT2D eigenvalue weighted by atomic mass is 9.78. The van der Waals surface area contributed by atoms with Gasteiger partial charge in [0.05, 0.1) is 20.8 Å². The molecule has 1 saturated carbocycles. The highest BCUT2D eigenvalue weighted by Gasteiger charge is 2.36. The molecule has 3 aliphatic rings. The van der Waals surface area contributed by atoms with E-state index in [-0.39, 0.29) is 0 Å². The smallest absolute Gasteiger partial charge is 0.237 e. The van der Waals surface area contributed by atoms with Gasteiger partial charge in [-0.05, 0) is 49.3 Å². The van der Waals surface area contributed by atoms with Crippen molar-refractivity contribution in [1.29, 1.82) is 0 Å². The number of ether oxygens (including phenoxy) is 2. The highest BCUT2D eigenvalue weighted by atomic mass is 16.5. The third-order valence-corrected chi connectivity index (χ3v) is 7.24. The van der Waals surface area contributed by atoms with Gasteiger partial charge in [0, 0.05) is 45.3 Å². The Kier molecular flexibility index (Phi) is 7.16. The molecular formula is C24H37N3O3. The lowest BCUT2D eigenvalue weighted by Gasteiger charge is -2.45. The first-order chi connectivity index (χ1) is 14.7. The van der Waals surface area contributed by atoms with Crippen LogP contribution in [0.2, 0.25) is 0 Å². The van der Waals surface area contributed by atoms with E-state index >= 15 is 0 Å². The number of piperidine rings is 1. The fourth-order valence-corrected chi connectivity index (χ4v) is 5.56. The number of benzene rings is 1. The number of nitrogens with zero attached hydrogens (tertiary/aromatic N) is 3. The summed E-state index contributed by atoms with van der Waals surface area (Å²) in [5, 5.41) is 0. The first-order valence-corrected chi connectivity index (χ1v) is 11.6. The van der Waals surface area contributed by atoms with E-state index in [1.807, 2.05) is 6.07 Å².